The minimum Gasteiger partial charge on any atom is -0.391 e. The number of aromatic amines is 1. The topological polar surface area (TPSA) is 120 Å². The standard InChI is InChI=1S/C29H30FN3O5S/c1-17-26(29(36)33-12-11-20(34)16-33)22(9-5-13-39(2,37)38)25(31-17)15-23-27-21(18-6-3-7-19(30)14-18)8-4-10-24(27)32-28(23)35/h3-4,6-8,10,14-15,20,31,34H,5,9,11-13,16H2,1-2H3,(H,32,35)/t20-/m1/s1. The molecule has 3 heterocycles. The highest BCUT2D eigenvalue weighted by Crippen LogP contribution is 2.41. The van der Waals surface area contributed by atoms with Crippen LogP contribution >= 0.6 is 0 Å². The molecule has 1 fully saturated rings. The monoisotopic (exact) mass is 551 g/mol. The van der Waals surface area contributed by atoms with Gasteiger partial charge in [-0.3, -0.25) is 9.59 Å². The van der Waals surface area contributed by atoms with Crippen molar-refractivity contribution in [3.63, 3.8) is 0 Å². The molecule has 2 amide bonds. The molecule has 1 aromatic heterocycles. The molecule has 39 heavy (non-hydrogen) atoms. The number of nitrogens with zero attached hydrogens (tertiary/aromatic N) is 1. The lowest BCUT2D eigenvalue weighted by atomic mass is 9.93. The highest BCUT2D eigenvalue weighted by atomic mass is 32.2. The summed E-state index contributed by atoms with van der Waals surface area (Å²) in [6, 6.07) is 11.5. The molecular weight excluding hydrogens is 521 g/mol. The second-order valence-corrected chi connectivity index (χ2v) is 12.5. The number of likely N-dealkylation sites (tertiary alicyclic amines) is 1. The number of sulfone groups is 1. The second kappa shape index (κ2) is 10.4. The highest BCUT2D eigenvalue weighted by Gasteiger charge is 2.32. The van der Waals surface area contributed by atoms with Gasteiger partial charge in [0.1, 0.15) is 15.7 Å². The summed E-state index contributed by atoms with van der Waals surface area (Å²) in [6.07, 6.45) is 3.37. The molecule has 0 spiro atoms. The van der Waals surface area contributed by atoms with Crippen LogP contribution in [0.4, 0.5) is 10.1 Å². The van der Waals surface area contributed by atoms with Gasteiger partial charge in [0.15, 0.2) is 0 Å². The van der Waals surface area contributed by atoms with E-state index in [4.69, 9.17) is 0 Å². The predicted octanol–water partition coefficient (Wildman–Crippen LogP) is 3.81. The van der Waals surface area contributed by atoms with Crippen molar-refractivity contribution >= 4 is 39.0 Å². The molecule has 1 atom stereocenters. The fourth-order valence-corrected chi connectivity index (χ4v) is 6.07. The SMILES string of the molecule is Cc1[nH]c(C=C2C(=O)Nc3cccc(-c4cccc(F)c4)c32)c(CCCS(C)(=O)=O)c1C(=O)N1CC[C@@H](O)C1. The largest absolute Gasteiger partial charge is 0.391 e. The molecule has 0 unspecified atom stereocenters. The van der Waals surface area contributed by atoms with Gasteiger partial charge >= 0.3 is 0 Å². The average Bonchev–Trinajstić information content (AvgIpc) is 3.53. The number of β-amino-alcohol motifs (C(OH)–C–C–N with tert-alkyl or cyclic N) is 1. The van der Waals surface area contributed by atoms with Crippen LogP contribution in [0.2, 0.25) is 0 Å². The number of aliphatic hydroxyl groups is 1. The zero-order chi connectivity index (χ0) is 27.9. The number of anilines is 1. The lowest BCUT2D eigenvalue weighted by Gasteiger charge is -2.17. The number of carbonyl (C=O) groups is 2. The van der Waals surface area contributed by atoms with Gasteiger partial charge in [0, 0.05) is 42.0 Å². The van der Waals surface area contributed by atoms with E-state index in [9.17, 15) is 27.5 Å². The van der Waals surface area contributed by atoms with Crippen LogP contribution in [0, 0.1) is 12.7 Å². The summed E-state index contributed by atoms with van der Waals surface area (Å²) in [6.45, 7) is 2.43. The molecule has 8 nitrogen and oxygen atoms in total. The van der Waals surface area contributed by atoms with Gasteiger partial charge in [0.25, 0.3) is 11.8 Å². The normalized spacial score (nSPS) is 18.1. The van der Waals surface area contributed by atoms with Crippen molar-refractivity contribution in [1.29, 1.82) is 0 Å². The number of halogens is 1. The van der Waals surface area contributed by atoms with Crippen molar-refractivity contribution in [3.8, 4) is 11.1 Å². The number of aliphatic hydroxyl groups excluding tert-OH is 1. The van der Waals surface area contributed by atoms with Gasteiger partial charge in [0.2, 0.25) is 0 Å². The molecule has 0 bridgehead atoms. The fourth-order valence-electron chi connectivity index (χ4n) is 5.40. The molecule has 3 aromatic rings. The zero-order valence-corrected chi connectivity index (χ0v) is 22.6. The summed E-state index contributed by atoms with van der Waals surface area (Å²) in [5, 5.41) is 12.8. The molecule has 5 rings (SSSR count). The first-order valence-electron chi connectivity index (χ1n) is 12.8. The van der Waals surface area contributed by atoms with Crippen LogP contribution in [-0.2, 0) is 21.1 Å². The number of amides is 2. The van der Waals surface area contributed by atoms with Crippen LogP contribution in [-0.4, -0.2) is 66.4 Å². The van der Waals surface area contributed by atoms with Gasteiger partial charge in [-0.1, -0.05) is 24.3 Å². The van der Waals surface area contributed by atoms with Crippen molar-refractivity contribution in [3.05, 3.63) is 76.4 Å². The van der Waals surface area contributed by atoms with Gasteiger partial charge in [-0.25, -0.2) is 12.8 Å². The lowest BCUT2D eigenvalue weighted by Crippen LogP contribution is -2.30. The van der Waals surface area contributed by atoms with Crippen LogP contribution < -0.4 is 5.32 Å². The summed E-state index contributed by atoms with van der Waals surface area (Å²) in [7, 11) is -3.22. The summed E-state index contributed by atoms with van der Waals surface area (Å²) in [5.74, 6) is -1.01. The van der Waals surface area contributed by atoms with E-state index in [2.05, 4.69) is 10.3 Å². The van der Waals surface area contributed by atoms with E-state index in [0.717, 1.165) is 0 Å². The van der Waals surface area contributed by atoms with Gasteiger partial charge in [-0.05, 0) is 67.2 Å². The Bertz CT molecular complexity index is 1610. The molecule has 1 saturated heterocycles. The fraction of sp³-hybridized carbons (Fsp3) is 0.310. The van der Waals surface area contributed by atoms with Crippen LogP contribution in [0.3, 0.4) is 0 Å². The van der Waals surface area contributed by atoms with Gasteiger partial charge in [-0.2, -0.15) is 0 Å². The highest BCUT2D eigenvalue weighted by molar-refractivity contribution is 7.90. The smallest absolute Gasteiger partial charge is 0.256 e. The van der Waals surface area contributed by atoms with Crippen molar-refractivity contribution < 1.29 is 27.5 Å². The number of carbonyl (C=O) groups excluding carboxylic acids is 2. The molecule has 2 aliphatic heterocycles. The Morgan fingerprint density at radius 2 is 2.00 bits per heavy atom. The maximum absolute atomic E-state index is 14.1. The Morgan fingerprint density at radius 3 is 2.69 bits per heavy atom. The third-order valence-electron chi connectivity index (χ3n) is 7.18. The van der Waals surface area contributed by atoms with Crippen LogP contribution in [0.5, 0.6) is 0 Å². The third kappa shape index (κ3) is 5.53. The van der Waals surface area contributed by atoms with Crippen molar-refractivity contribution in [2.24, 2.45) is 0 Å². The van der Waals surface area contributed by atoms with Crippen LogP contribution in [0.15, 0.2) is 42.5 Å². The first-order chi connectivity index (χ1) is 18.5. The Balaban J connectivity index is 1.62. The second-order valence-electron chi connectivity index (χ2n) is 10.2. The Kier molecular flexibility index (Phi) is 7.17. The van der Waals surface area contributed by atoms with E-state index >= 15 is 0 Å². The van der Waals surface area contributed by atoms with Crippen LogP contribution in [0.1, 0.15) is 45.7 Å². The van der Waals surface area contributed by atoms with E-state index in [-0.39, 0.29) is 24.1 Å². The lowest BCUT2D eigenvalue weighted by molar-refractivity contribution is -0.110. The Hall–Kier alpha value is -3.76. The molecule has 0 radical (unpaired) electrons. The molecular formula is C29H30FN3O5S. The van der Waals surface area contributed by atoms with E-state index in [0.29, 0.717) is 76.3 Å². The van der Waals surface area contributed by atoms with Crippen molar-refractivity contribution in [1.82, 2.24) is 9.88 Å². The van der Waals surface area contributed by atoms with E-state index < -0.39 is 21.8 Å². The Morgan fingerprint density at radius 1 is 1.23 bits per heavy atom. The van der Waals surface area contributed by atoms with Crippen LogP contribution in [0.25, 0.3) is 22.8 Å². The number of fused-ring (bicyclic) bond motifs is 1. The number of aryl methyl sites for hydroxylation is 1. The minimum atomic E-state index is -3.22. The summed E-state index contributed by atoms with van der Waals surface area (Å²) in [4.78, 5) is 31.5. The quantitative estimate of drug-likeness (QED) is 0.386. The first kappa shape index (κ1) is 26.8. The number of benzene rings is 2. The molecule has 0 saturated carbocycles. The van der Waals surface area contributed by atoms with Gasteiger partial charge < -0.3 is 20.3 Å². The first-order valence-corrected chi connectivity index (χ1v) is 14.9. The number of aromatic nitrogens is 1. The van der Waals surface area contributed by atoms with Crippen molar-refractivity contribution in [2.75, 3.05) is 30.4 Å². The number of hydrogen-bond acceptors (Lipinski definition) is 5. The van der Waals surface area contributed by atoms with E-state index in [1.807, 2.05) is 6.07 Å². The molecule has 2 aliphatic rings. The molecule has 0 aliphatic carbocycles. The number of rotatable bonds is 7. The average molecular weight is 552 g/mol. The number of hydrogen-bond donors (Lipinski definition) is 3. The number of H-pyrrole nitrogens is 1. The number of nitrogens with one attached hydrogen (secondary N) is 2. The predicted molar refractivity (Wildman–Crippen MR) is 148 cm³/mol. The minimum absolute atomic E-state index is 0.0453. The Labute approximate surface area is 226 Å². The maximum Gasteiger partial charge on any atom is 0.256 e. The van der Waals surface area contributed by atoms with Gasteiger partial charge in [-0.15, -0.1) is 0 Å². The third-order valence-corrected chi connectivity index (χ3v) is 8.21. The van der Waals surface area contributed by atoms with E-state index in [1.54, 1.807) is 42.2 Å². The molecule has 2 aromatic carbocycles. The maximum atomic E-state index is 14.1. The van der Waals surface area contributed by atoms with E-state index in [1.165, 1.54) is 18.4 Å². The molecule has 10 heteroatoms. The molecule has 3 N–H and O–H groups in total. The van der Waals surface area contributed by atoms with Crippen molar-refractivity contribution in [2.45, 2.75) is 32.3 Å². The van der Waals surface area contributed by atoms with Gasteiger partial charge in [0.05, 0.1) is 23.0 Å². The zero-order valence-electron chi connectivity index (χ0n) is 21.8. The summed E-state index contributed by atoms with van der Waals surface area (Å²) in [5.41, 5.74) is 5.06. The molecule has 204 valence electrons. The summed E-state index contributed by atoms with van der Waals surface area (Å²) >= 11 is 0. The summed E-state index contributed by atoms with van der Waals surface area (Å²) < 4.78 is 37.7.